The maximum atomic E-state index is 12.5. The van der Waals surface area contributed by atoms with Gasteiger partial charge in [0.25, 0.3) is 0 Å². The number of hydrogen-bond donors (Lipinski definition) is 2. The zero-order valence-electron chi connectivity index (χ0n) is 19.9. The van der Waals surface area contributed by atoms with E-state index in [4.69, 9.17) is 14.6 Å². The molecule has 2 aliphatic carbocycles. The standard InChI is InChI=1S/C25H34N6O3/c1-2-31-23-20(15-27-31)22(28-18-7-11-33-12-8-18)19(14-26-23)21-13-25(34-30-21)9-5-16(6-10-25)24(32)29-17-3-4-17/h14-18H,2-13H2,1H3,(H,26,28)(H,29,32). The van der Waals surface area contributed by atoms with E-state index in [0.29, 0.717) is 12.1 Å². The van der Waals surface area contributed by atoms with Gasteiger partial charge in [-0.1, -0.05) is 5.16 Å². The third kappa shape index (κ3) is 4.15. The van der Waals surface area contributed by atoms with Crippen molar-refractivity contribution in [3.8, 4) is 0 Å². The van der Waals surface area contributed by atoms with Crippen molar-refractivity contribution in [2.24, 2.45) is 11.1 Å². The molecule has 34 heavy (non-hydrogen) atoms. The van der Waals surface area contributed by atoms with Gasteiger partial charge in [-0.25, -0.2) is 9.67 Å². The lowest BCUT2D eigenvalue weighted by molar-refractivity contribution is -0.129. The molecule has 0 aromatic carbocycles. The first-order chi connectivity index (χ1) is 16.6. The van der Waals surface area contributed by atoms with Crippen LogP contribution in [0.2, 0.25) is 0 Å². The number of nitrogens with zero attached hydrogens (tertiary/aromatic N) is 4. The molecular weight excluding hydrogens is 432 g/mol. The molecule has 4 heterocycles. The van der Waals surface area contributed by atoms with Crippen LogP contribution in [0.3, 0.4) is 0 Å². The zero-order chi connectivity index (χ0) is 23.1. The summed E-state index contributed by atoms with van der Waals surface area (Å²) in [5.41, 5.74) is 3.57. The molecule has 2 saturated carbocycles. The second-order valence-electron chi connectivity index (χ2n) is 10.3. The summed E-state index contributed by atoms with van der Waals surface area (Å²) in [4.78, 5) is 23.4. The molecule has 4 aliphatic rings. The highest BCUT2D eigenvalue weighted by Gasteiger charge is 2.45. The Labute approximate surface area is 199 Å². The average Bonchev–Trinajstić information content (AvgIpc) is 3.43. The third-order valence-corrected chi connectivity index (χ3v) is 7.88. The predicted octanol–water partition coefficient (Wildman–Crippen LogP) is 3.37. The van der Waals surface area contributed by atoms with Crippen molar-refractivity contribution in [1.29, 1.82) is 0 Å². The summed E-state index contributed by atoms with van der Waals surface area (Å²) in [5.74, 6) is 0.324. The van der Waals surface area contributed by atoms with Crippen molar-refractivity contribution in [3.63, 3.8) is 0 Å². The molecule has 1 spiro atoms. The van der Waals surface area contributed by atoms with Crippen LogP contribution in [-0.4, -0.2) is 57.3 Å². The van der Waals surface area contributed by atoms with Gasteiger partial charge in [-0.05, 0) is 58.3 Å². The lowest BCUT2D eigenvalue weighted by atomic mass is 9.75. The molecule has 1 saturated heterocycles. The van der Waals surface area contributed by atoms with Gasteiger partial charge in [-0.15, -0.1) is 0 Å². The fourth-order valence-corrected chi connectivity index (χ4v) is 5.57. The predicted molar refractivity (Wildman–Crippen MR) is 129 cm³/mol. The Bertz CT molecular complexity index is 1090. The number of oxime groups is 1. The Morgan fingerprint density at radius 3 is 2.65 bits per heavy atom. The second-order valence-corrected chi connectivity index (χ2v) is 10.3. The van der Waals surface area contributed by atoms with Crippen molar-refractivity contribution in [2.75, 3.05) is 18.5 Å². The van der Waals surface area contributed by atoms with Crippen molar-refractivity contribution in [1.82, 2.24) is 20.1 Å². The summed E-state index contributed by atoms with van der Waals surface area (Å²) in [6.45, 7) is 4.40. The van der Waals surface area contributed by atoms with Crippen LogP contribution in [0, 0.1) is 5.92 Å². The number of rotatable bonds is 6. The summed E-state index contributed by atoms with van der Waals surface area (Å²) < 4.78 is 7.49. The molecule has 9 nitrogen and oxygen atoms in total. The van der Waals surface area contributed by atoms with Crippen LogP contribution in [0.25, 0.3) is 11.0 Å². The van der Waals surface area contributed by atoms with Gasteiger partial charge in [-0.2, -0.15) is 5.10 Å². The van der Waals surface area contributed by atoms with Crippen LogP contribution in [0.1, 0.15) is 70.3 Å². The summed E-state index contributed by atoms with van der Waals surface area (Å²) in [7, 11) is 0. The Morgan fingerprint density at radius 2 is 1.91 bits per heavy atom. The summed E-state index contributed by atoms with van der Waals surface area (Å²) in [6.07, 6.45) is 12.2. The number of carbonyl (C=O) groups excluding carboxylic acids is 1. The van der Waals surface area contributed by atoms with E-state index >= 15 is 0 Å². The van der Waals surface area contributed by atoms with Crippen LogP contribution < -0.4 is 10.6 Å². The first-order valence-corrected chi connectivity index (χ1v) is 12.9. The molecule has 0 unspecified atom stereocenters. The van der Waals surface area contributed by atoms with E-state index in [0.717, 1.165) is 106 Å². The molecule has 2 aromatic heterocycles. The number of anilines is 1. The number of nitrogens with one attached hydrogen (secondary N) is 2. The highest BCUT2D eigenvalue weighted by molar-refractivity contribution is 6.10. The Balaban J connectivity index is 1.21. The minimum atomic E-state index is -0.301. The van der Waals surface area contributed by atoms with E-state index in [1.165, 1.54) is 0 Å². The van der Waals surface area contributed by atoms with E-state index in [9.17, 15) is 4.79 Å². The SMILES string of the molecule is CCn1ncc2c(NC3CCOCC3)c(C3=NOC4(CCC(C(=O)NC5CC5)CC4)C3)cnc21. The summed E-state index contributed by atoms with van der Waals surface area (Å²) >= 11 is 0. The van der Waals surface area contributed by atoms with Crippen molar-refractivity contribution in [3.05, 3.63) is 18.0 Å². The van der Waals surface area contributed by atoms with Crippen LogP contribution in [0.15, 0.2) is 17.5 Å². The fraction of sp³-hybridized carbons (Fsp3) is 0.680. The van der Waals surface area contributed by atoms with Gasteiger partial charge >= 0.3 is 0 Å². The molecule has 182 valence electrons. The fourth-order valence-electron chi connectivity index (χ4n) is 5.57. The third-order valence-electron chi connectivity index (χ3n) is 7.88. The molecule has 6 rings (SSSR count). The number of carbonyl (C=O) groups is 1. The normalized spacial score (nSPS) is 27.6. The Morgan fingerprint density at radius 1 is 1.12 bits per heavy atom. The van der Waals surface area contributed by atoms with E-state index < -0.39 is 0 Å². The van der Waals surface area contributed by atoms with E-state index in [2.05, 4.69) is 27.8 Å². The van der Waals surface area contributed by atoms with Crippen LogP contribution in [0.5, 0.6) is 0 Å². The Kier molecular flexibility index (Phi) is 5.67. The number of hydrogen-bond acceptors (Lipinski definition) is 7. The van der Waals surface area contributed by atoms with Gasteiger partial charge in [-0.3, -0.25) is 4.79 Å². The molecule has 2 aliphatic heterocycles. The molecule has 0 atom stereocenters. The van der Waals surface area contributed by atoms with E-state index in [-0.39, 0.29) is 17.4 Å². The van der Waals surface area contributed by atoms with Crippen molar-refractivity contribution in [2.45, 2.75) is 88.9 Å². The molecular formula is C25H34N6O3. The van der Waals surface area contributed by atoms with Gasteiger partial charge in [0.2, 0.25) is 5.91 Å². The lowest BCUT2D eigenvalue weighted by Gasteiger charge is -2.34. The number of fused-ring (bicyclic) bond motifs is 1. The van der Waals surface area contributed by atoms with Crippen molar-refractivity contribution >= 4 is 28.3 Å². The number of aryl methyl sites for hydroxylation is 1. The molecule has 0 bridgehead atoms. The van der Waals surface area contributed by atoms with Gasteiger partial charge in [0.05, 0.1) is 23.0 Å². The monoisotopic (exact) mass is 466 g/mol. The smallest absolute Gasteiger partial charge is 0.223 e. The summed E-state index contributed by atoms with van der Waals surface area (Å²) in [6, 6.07) is 0.766. The molecule has 0 radical (unpaired) electrons. The highest BCUT2D eigenvalue weighted by atomic mass is 16.7. The number of pyridine rings is 1. The molecule has 2 aromatic rings. The minimum absolute atomic E-state index is 0.0996. The lowest BCUT2D eigenvalue weighted by Crippen LogP contribution is -2.40. The maximum Gasteiger partial charge on any atom is 0.223 e. The number of ether oxygens (including phenoxy) is 1. The van der Waals surface area contributed by atoms with Gasteiger partial charge in [0.1, 0.15) is 5.60 Å². The van der Waals surface area contributed by atoms with Crippen LogP contribution in [0.4, 0.5) is 5.69 Å². The van der Waals surface area contributed by atoms with E-state index in [1.807, 2.05) is 17.1 Å². The first-order valence-electron chi connectivity index (χ1n) is 12.9. The topological polar surface area (TPSA) is 103 Å². The zero-order valence-corrected chi connectivity index (χ0v) is 19.9. The number of amides is 1. The van der Waals surface area contributed by atoms with Gasteiger partial charge in [0.15, 0.2) is 5.65 Å². The van der Waals surface area contributed by atoms with Crippen molar-refractivity contribution < 1.29 is 14.4 Å². The quantitative estimate of drug-likeness (QED) is 0.677. The van der Waals surface area contributed by atoms with Crippen LogP contribution in [-0.2, 0) is 20.9 Å². The van der Waals surface area contributed by atoms with Gasteiger partial charge < -0.3 is 20.2 Å². The van der Waals surface area contributed by atoms with Crippen LogP contribution >= 0.6 is 0 Å². The van der Waals surface area contributed by atoms with Gasteiger partial charge in [0, 0.05) is 55.9 Å². The maximum absolute atomic E-state index is 12.5. The molecule has 1 amide bonds. The second kappa shape index (κ2) is 8.83. The number of aromatic nitrogens is 3. The van der Waals surface area contributed by atoms with E-state index in [1.54, 1.807) is 0 Å². The molecule has 9 heteroatoms. The average molecular weight is 467 g/mol. The molecule has 3 fully saturated rings. The highest BCUT2D eigenvalue weighted by Crippen LogP contribution is 2.43. The largest absolute Gasteiger partial charge is 0.389 e. The Hall–Kier alpha value is -2.68. The summed E-state index contributed by atoms with van der Waals surface area (Å²) in [5, 5.41) is 17.1. The molecule has 2 N–H and O–H groups in total. The first kappa shape index (κ1) is 21.8. The minimum Gasteiger partial charge on any atom is -0.389 e.